The lowest BCUT2D eigenvalue weighted by molar-refractivity contribution is 0.0943. The van der Waals surface area contributed by atoms with Gasteiger partial charge < -0.3 is 14.8 Å². The molecule has 7 heteroatoms. The fraction of sp³-hybridized carbons (Fsp3) is 0.227. The first-order valence-electron chi connectivity index (χ1n) is 9.26. The van der Waals surface area contributed by atoms with Crippen LogP contribution in [0.25, 0.3) is 0 Å². The third-order valence-electron chi connectivity index (χ3n) is 4.20. The van der Waals surface area contributed by atoms with Gasteiger partial charge in [0.15, 0.2) is 0 Å². The molecule has 29 heavy (non-hydrogen) atoms. The molecule has 0 aliphatic heterocycles. The van der Waals surface area contributed by atoms with Crippen LogP contribution in [0.2, 0.25) is 0 Å². The average Bonchev–Trinajstić information content (AvgIpc) is 2.75. The number of carbonyl (C=O) groups is 1. The van der Waals surface area contributed by atoms with E-state index in [0.29, 0.717) is 18.9 Å². The van der Waals surface area contributed by atoms with Gasteiger partial charge in [-0.1, -0.05) is 42.5 Å². The second-order valence-corrected chi connectivity index (χ2v) is 6.37. The molecule has 150 valence electrons. The van der Waals surface area contributed by atoms with Crippen molar-refractivity contribution in [2.24, 2.45) is 0 Å². The van der Waals surface area contributed by atoms with Gasteiger partial charge in [0.1, 0.15) is 18.1 Å². The highest BCUT2D eigenvalue weighted by Gasteiger charge is 2.10. The molecule has 0 aliphatic carbocycles. The number of methoxy groups -OCH3 is 1. The third kappa shape index (κ3) is 6.02. The van der Waals surface area contributed by atoms with E-state index < -0.39 is 0 Å². The number of benzene rings is 2. The first kappa shape index (κ1) is 20.3. The maximum Gasteiger partial charge on any atom is 0.271 e. The number of carbonyl (C=O) groups excluding carboxylic acids is 1. The van der Waals surface area contributed by atoms with Crippen LogP contribution in [0.3, 0.4) is 0 Å². The second kappa shape index (κ2) is 10.2. The Hall–Kier alpha value is -3.45. The van der Waals surface area contributed by atoms with Crippen molar-refractivity contribution in [1.29, 1.82) is 0 Å². The Balaban J connectivity index is 1.56. The predicted molar refractivity (Wildman–Crippen MR) is 109 cm³/mol. The molecular weight excluding hydrogens is 370 g/mol. The molecule has 0 aliphatic rings. The summed E-state index contributed by atoms with van der Waals surface area (Å²) in [5.74, 6) is 0.370. The molecule has 0 saturated heterocycles. The van der Waals surface area contributed by atoms with Crippen LogP contribution in [0.15, 0.2) is 71.5 Å². The van der Waals surface area contributed by atoms with Crippen LogP contribution < -0.4 is 15.6 Å². The molecule has 0 atom stereocenters. The Kier molecular flexibility index (Phi) is 7.13. The molecular formula is C22H23N3O4. The topological polar surface area (TPSA) is 82.5 Å². The molecule has 0 saturated carbocycles. The Morgan fingerprint density at radius 2 is 1.72 bits per heavy atom. The molecule has 0 radical (unpaired) electrons. The van der Waals surface area contributed by atoms with E-state index in [1.165, 1.54) is 16.8 Å². The van der Waals surface area contributed by atoms with Gasteiger partial charge in [0.05, 0.1) is 13.2 Å². The van der Waals surface area contributed by atoms with Crippen LogP contribution in [0, 0.1) is 0 Å². The van der Waals surface area contributed by atoms with Crippen molar-refractivity contribution in [3.63, 3.8) is 0 Å². The van der Waals surface area contributed by atoms with Crippen LogP contribution in [0.5, 0.6) is 5.75 Å². The van der Waals surface area contributed by atoms with Crippen LogP contribution in [-0.4, -0.2) is 29.4 Å². The lowest BCUT2D eigenvalue weighted by Gasteiger charge is -2.09. The fourth-order valence-electron chi connectivity index (χ4n) is 2.69. The molecule has 0 fully saturated rings. The quantitative estimate of drug-likeness (QED) is 0.604. The van der Waals surface area contributed by atoms with Gasteiger partial charge in [0.25, 0.3) is 11.5 Å². The van der Waals surface area contributed by atoms with Gasteiger partial charge in [-0.2, -0.15) is 5.10 Å². The maximum atomic E-state index is 12.4. The number of hydrogen-bond acceptors (Lipinski definition) is 5. The van der Waals surface area contributed by atoms with Crippen molar-refractivity contribution in [3.8, 4) is 5.75 Å². The summed E-state index contributed by atoms with van der Waals surface area (Å²) < 4.78 is 11.9. The smallest absolute Gasteiger partial charge is 0.271 e. The van der Waals surface area contributed by atoms with Crippen molar-refractivity contribution in [2.45, 2.75) is 19.7 Å². The summed E-state index contributed by atoms with van der Waals surface area (Å²) in [4.78, 5) is 24.4. The lowest BCUT2D eigenvalue weighted by atomic mass is 10.1. The second-order valence-electron chi connectivity index (χ2n) is 6.37. The zero-order valence-electron chi connectivity index (χ0n) is 16.2. The molecule has 1 amide bonds. The van der Waals surface area contributed by atoms with Crippen molar-refractivity contribution in [3.05, 3.63) is 93.9 Å². The highest BCUT2D eigenvalue weighted by molar-refractivity contribution is 5.91. The number of para-hydroxylation sites is 1. The number of nitrogens with zero attached hydrogens (tertiary/aromatic N) is 2. The fourth-order valence-corrected chi connectivity index (χ4v) is 2.69. The van der Waals surface area contributed by atoms with E-state index in [0.717, 1.165) is 11.1 Å². The minimum Gasteiger partial charge on any atom is -0.492 e. The Morgan fingerprint density at radius 3 is 2.45 bits per heavy atom. The van der Waals surface area contributed by atoms with Crippen LogP contribution in [0.1, 0.15) is 21.6 Å². The summed E-state index contributed by atoms with van der Waals surface area (Å²) in [6, 6.07) is 19.8. The number of aromatic nitrogens is 2. The summed E-state index contributed by atoms with van der Waals surface area (Å²) in [6.45, 7) is 1.43. The Bertz CT molecular complexity index is 985. The van der Waals surface area contributed by atoms with E-state index in [9.17, 15) is 9.59 Å². The van der Waals surface area contributed by atoms with Gasteiger partial charge in [-0.25, -0.2) is 4.68 Å². The number of nitrogens with one attached hydrogen (secondary N) is 1. The summed E-state index contributed by atoms with van der Waals surface area (Å²) in [7, 11) is 1.65. The van der Waals surface area contributed by atoms with Gasteiger partial charge in [-0.3, -0.25) is 9.59 Å². The minimum absolute atomic E-state index is 0.181. The van der Waals surface area contributed by atoms with Gasteiger partial charge >= 0.3 is 0 Å². The monoisotopic (exact) mass is 393 g/mol. The van der Waals surface area contributed by atoms with Crippen LogP contribution in [0.4, 0.5) is 0 Å². The summed E-state index contributed by atoms with van der Waals surface area (Å²) in [6.07, 6.45) is 0. The van der Waals surface area contributed by atoms with Crippen molar-refractivity contribution >= 4 is 5.91 Å². The predicted octanol–water partition coefficient (Wildman–Crippen LogP) is 2.40. The van der Waals surface area contributed by atoms with E-state index >= 15 is 0 Å². The van der Waals surface area contributed by atoms with Gasteiger partial charge in [0, 0.05) is 19.7 Å². The number of ether oxygens (including phenoxy) is 2. The number of amides is 1. The van der Waals surface area contributed by atoms with E-state index in [2.05, 4.69) is 10.4 Å². The summed E-state index contributed by atoms with van der Waals surface area (Å²) in [5, 5.41) is 6.97. The first-order chi connectivity index (χ1) is 14.2. The standard InChI is InChI=1S/C22H23N3O4/c1-28-16-18-9-7-17(8-10-18)15-23-22(27)20-11-12-21(26)25(24-20)13-14-29-19-5-3-2-4-6-19/h2-12H,13-16H2,1H3,(H,23,27). The molecule has 0 spiro atoms. The zero-order valence-corrected chi connectivity index (χ0v) is 16.2. The molecule has 0 unspecified atom stereocenters. The maximum absolute atomic E-state index is 12.4. The highest BCUT2D eigenvalue weighted by atomic mass is 16.5. The molecule has 7 nitrogen and oxygen atoms in total. The van der Waals surface area contributed by atoms with Crippen LogP contribution in [-0.2, 0) is 24.4 Å². The Labute approximate surface area is 168 Å². The van der Waals surface area contributed by atoms with E-state index in [-0.39, 0.29) is 30.3 Å². The van der Waals surface area contributed by atoms with Crippen molar-refractivity contribution in [1.82, 2.24) is 15.1 Å². The summed E-state index contributed by atoms with van der Waals surface area (Å²) in [5.41, 5.74) is 1.92. The van der Waals surface area contributed by atoms with Gasteiger partial charge in [0.2, 0.25) is 0 Å². The zero-order chi connectivity index (χ0) is 20.5. The number of rotatable bonds is 9. The van der Waals surface area contributed by atoms with E-state index in [4.69, 9.17) is 9.47 Å². The van der Waals surface area contributed by atoms with Crippen LogP contribution >= 0.6 is 0 Å². The Morgan fingerprint density at radius 1 is 1.00 bits per heavy atom. The summed E-state index contributed by atoms with van der Waals surface area (Å²) >= 11 is 0. The third-order valence-corrected chi connectivity index (χ3v) is 4.20. The molecule has 1 N–H and O–H groups in total. The largest absolute Gasteiger partial charge is 0.492 e. The lowest BCUT2D eigenvalue weighted by Crippen LogP contribution is -2.30. The van der Waals surface area contributed by atoms with Gasteiger partial charge in [-0.05, 0) is 29.3 Å². The van der Waals surface area contributed by atoms with E-state index in [1.807, 2.05) is 54.6 Å². The number of hydrogen-bond donors (Lipinski definition) is 1. The van der Waals surface area contributed by atoms with E-state index in [1.54, 1.807) is 7.11 Å². The first-order valence-corrected chi connectivity index (χ1v) is 9.26. The molecule has 3 aromatic rings. The highest BCUT2D eigenvalue weighted by Crippen LogP contribution is 2.08. The molecule has 3 rings (SSSR count). The normalized spacial score (nSPS) is 10.5. The SMILES string of the molecule is COCc1ccc(CNC(=O)c2ccc(=O)n(CCOc3ccccc3)n2)cc1. The average molecular weight is 393 g/mol. The molecule has 1 heterocycles. The molecule has 1 aromatic heterocycles. The van der Waals surface area contributed by atoms with Gasteiger partial charge in [-0.15, -0.1) is 0 Å². The van der Waals surface area contributed by atoms with Crippen molar-refractivity contribution in [2.75, 3.05) is 13.7 Å². The van der Waals surface area contributed by atoms with Crippen molar-refractivity contribution < 1.29 is 14.3 Å². The minimum atomic E-state index is -0.344. The molecule has 0 bridgehead atoms. The molecule has 2 aromatic carbocycles.